The van der Waals surface area contributed by atoms with Crippen LogP contribution in [0.15, 0.2) is 28.7 Å². The molecule has 3 rings (SSSR count). The van der Waals surface area contributed by atoms with E-state index in [0.29, 0.717) is 5.69 Å². The van der Waals surface area contributed by atoms with E-state index >= 15 is 0 Å². The minimum atomic E-state index is -0.433. The second-order valence-electron chi connectivity index (χ2n) is 6.98. The molecule has 0 spiro atoms. The monoisotopic (exact) mass is 433 g/mol. The van der Waals surface area contributed by atoms with Crippen molar-refractivity contribution >= 4 is 27.8 Å². The lowest BCUT2D eigenvalue weighted by atomic mass is 9.95. The number of nitrogens with zero attached hydrogens (tertiary/aromatic N) is 3. The molecule has 144 valence electrons. The Morgan fingerprint density at radius 1 is 1.30 bits per heavy atom. The maximum atomic E-state index is 13.3. The minimum Gasteiger partial charge on any atom is -0.468 e. The van der Waals surface area contributed by atoms with Crippen LogP contribution in [0.4, 0.5) is 0 Å². The molecule has 7 heteroatoms. The van der Waals surface area contributed by atoms with Crippen molar-refractivity contribution in [1.29, 1.82) is 0 Å². The topological polar surface area (TPSA) is 64.4 Å². The van der Waals surface area contributed by atoms with Crippen molar-refractivity contribution in [2.45, 2.75) is 45.6 Å². The predicted octanol–water partition coefficient (Wildman–Crippen LogP) is 3.54. The zero-order chi connectivity index (χ0) is 19.6. The van der Waals surface area contributed by atoms with Crippen LogP contribution in [0.5, 0.6) is 0 Å². The molecule has 1 aliphatic rings. The molecule has 0 unspecified atom stereocenters. The van der Waals surface area contributed by atoms with Crippen molar-refractivity contribution in [3.05, 3.63) is 45.7 Å². The number of fused-ring (bicyclic) bond motifs is 1. The van der Waals surface area contributed by atoms with Gasteiger partial charge in [0, 0.05) is 21.8 Å². The number of aromatic nitrogens is 2. The predicted molar refractivity (Wildman–Crippen MR) is 106 cm³/mol. The molecule has 0 saturated carbocycles. The number of benzene rings is 1. The zero-order valence-corrected chi connectivity index (χ0v) is 17.5. The average Bonchev–Trinajstić information content (AvgIpc) is 3.05. The zero-order valence-electron chi connectivity index (χ0n) is 15.9. The van der Waals surface area contributed by atoms with E-state index in [9.17, 15) is 9.59 Å². The van der Waals surface area contributed by atoms with Gasteiger partial charge in [-0.25, -0.2) is 4.68 Å². The average molecular weight is 434 g/mol. The highest BCUT2D eigenvalue weighted by Gasteiger charge is 2.30. The van der Waals surface area contributed by atoms with Crippen LogP contribution in [0.2, 0.25) is 0 Å². The van der Waals surface area contributed by atoms with Gasteiger partial charge in [-0.3, -0.25) is 9.59 Å². The van der Waals surface area contributed by atoms with Crippen LogP contribution in [-0.4, -0.2) is 46.3 Å². The van der Waals surface area contributed by atoms with Crippen molar-refractivity contribution in [3.8, 4) is 5.69 Å². The fourth-order valence-electron chi connectivity index (χ4n) is 3.42. The third-order valence-electron chi connectivity index (χ3n) is 4.85. The summed E-state index contributed by atoms with van der Waals surface area (Å²) in [5.74, 6) is -0.653. The Labute approximate surface area is 167 Å². The largest absolute Gasteiger partial charge is 0.468 e. The van der Waals surface area contributed by atoms with Crippen LogP contribution in [0.25, 0.3) is 5.69 Å². The van der Waals surface area contributed by atoms with Gasteiger partial charge in [0.2, 0.25) is 0 Å². The quantitative estimate of drug-likeness (QED) is 0.676. The molecule has 6 nitrogen and oxygen atoms in total. The fraction of sp³-hybridized carbons (Fsp3) is 0.450. The molecule has 0 radical (unpaired) electrons. The van der Waals surface area contributed by atoms with Crippen molar-refractivity contribution in [1.82, 2.24) is 14.7 Å². The van der Waals surface area contributed by atoms with Crippen LogP contribution in [0.3, 0.4) is 0 Å². The molecule has 1 aromatic heterocycles. The molecule has 1 aliphatic carbocycles. The first-order valence-electron chi connectivity index (χ1n) is 9.17. The summed E-state index contributed by atoms with van der Waals surface area (Å²) in [6.45, 7) is 3.70. The molecular weight excluding hydrogens is 410 g/mol. The molecule has 0 bridgehead atoms. The lowest BCUT2D eigenvalue weighted by Crippen LogP contribution is -2.41. The van der Waals surface area contributed by atoms with Gasteiger partial charge < -0.3 is 9.64 Å². The second kappa shape index (κ2) is 8.25. The van der Waals surface area contributed by atoms with Gasteiger partial charge in [-0.05, 0) is 57.7 Å². The highest BCUT2D eigenvalue weighted by atomic mass is 79.9. The van der Waals surface area contributed by atoms with Crippen LogP contribution >= 0.6 is 15.9 Å². The summed E-state index contributed by atoms with van der Waals surface area (Å²) in [7, 11) is 1.33. The SMILES string of the molecule is COC(=O)CN(C(=O)c1nn(-c2cccc(Br)c2)c2c1CCCC2)C(C)C. The van der Waals surface area contributed by atoms with Crippen molar-refractivity contribution in [3.63, 3.8) is 0 Å². The van der Waals surface area contributed by atoms with Gasteiger partial charge >= 0.3 is 5.97 Å². The number of carbonyl (C=O) groups is 2. The Bertz CT molecular complexity index is 860. The molecule has 27 heavy (non-hydrogen) atoms. The molecule has 2 aromatic rings. The number of hydrogen-bond acceptors (Lipinski definition) is 4. The van der Waals surface area contributed by atoms with Gasteiger partial charge in [0.25, 0.3) is 5.91 Å². The number of esters is 1. The lowest BCUT2D eigenvalue weighted by molar-refractivity contribution is -0.141. The standard InChI is InChI=1S/C20H24BrN3O3/c1-13(2)23(12-18(25)27-3)20(26)19-16-9-4-5-10-17(16)24(22-19)15-8-6-7-14(21)11-15/h6-8,11,13H,4-5,9-10,12H2,1-3H3. The van der Waals surface area contributed by atoms with E-state index in [4.69, 9.17) is 9.84 Å². The summed E-state index contributed by atoms with van der Waals surface area (Å²) in [5, 5.41) is 4.69. The van der Waals surface area contributed by atoms with Gasteiger partial charge in [-0.1, -0.05) is 22.0 Å². The number of carbonyl (C=O) groups excluding carboxylic acids is 2. The Kier molecular flexibility index (Phi) is 5.99. The summed E-state index contributed by atoms with van der Waals surface area (Å²) in [6.07, 6.45) is 3.84. The maximum absolute atomic E-state index is 13.3. The Hall–Kier alpha value is -2.15. The summed E-state index contributed by atoms with van der Waals surface area (Å²) >= 11 is 3.50. The summed E-state index contributed by atoms with van der Waals surface area (Å²) in [6, 6.07) is 7.75. The summed E-state index contributed by atoms with van der Waals surface area (Å²) < 4.78 is 7.59. The number of halogens is 1. The van der Waals surface area contributed by atoms with E-state index in [1.165, 1.54) is 12.0 Å². The molecule has 1 amide bonds. The van der Waals surface area contributed by atoms with Gasteiger partial charge in [-0.15, -0.1) is 0 Å². The van der Waals surface area contributed by atoms with E-state index in [1.807, 2.05) is 42.8 Å². The molecular formula is C20H24BrN3O3. The fourth-order valence-corrected chi connectivity index (χ4v) is 3.81. The number of amides is 1. The normalized spacial score (nSPS) is 13.4. The van der Waals surface area contributed by atoms with E-state index < -0.39 is 5.97 Å². The third-order valence-corrected chi connectivity index (χ3v) is 5.34. The highest BCUT2D eigenvalue weighted by Crippen LogP contribution is 2.29. The van der Waals surface area contributed by atoms with Crippen molar-refractivity contribution < 1.29 is 14.3 Å². The Morgan fingerprint density at radius 2 is 2.04 bits per heavy atom. The van der Waals surface area contributed by atoms with Gasteiger partial charge in [-0.2, -0.15) is 5.10 Å². The van der Waals surface area contributed by atoms with E-state index in [2.05, 4.69) is 15.9 Å². The van der Waals surface area contributed by atoms with E-state index in [-0.39, 0.29) is 18.5 Å². The van der Waals surface area contributed by atoms with Gasteiger partial charge in [0.15, 0.2) is 5.69 Å². The lowest BCUT2D eigenvalue weighted by Gasteiger charge is -2.25. The second-order valence-corrected chi connectivity index (χ2v) is 7.89. The summed E-state index contributed by atoms with van der Waals surface area (Å²) in [4.78, 5) is 26.5. The number of rotatable bonds is 5. The number of ether oxygens (including phenoxy) is 1. The molecule has 0 atom stereocenters. The smallest absolute Gasteiger partial charge is 0.325 e. The first-order valence-corrected chi connectivity index (χ1v) is 9.96. The molecule has 1 heterocycles. The van der Waals surface area contributed by atoms with Gasteiger partial charge in [0.05, 0.1) is 12.8 Å². The maximum Gasteiger partial charge on any atom is 0.325 e. The van der Waals surface area contributed by atoms with Crippen molar-refractivity contribution in [2.75, 3.05) is 13.7 Å². The van der Waals surface area contributed by atoms with Crippen LogP contribution in [-0.2, 0) is 22.4 Å². The van der Waals surface area contributed by atoms with Crippen molar-refractivity contribution in [2.24, 2.45) is 0 Å². The van der Waals surface area contributed by atoms with Crippen LogP contribution in [0.1, 0.15) is 48.4 Å². The molecule has 0 N–H and O–H groups in total. The van der Waals surface area contributed by atoms with Crippen LogP contribution < -0.4 is 0 Å². The first kappa shape index (κ1) is 19.6. The van der Waals surface area contributed by atoms with E-state index in [0.717, 1.165) is 47.1 Å². The Morgan fingerprint density at radius 3 is 2.70 bits per heavy atom. The van der Waals surface area contributed by atoms with Gasteiger partial charge in [0.1, 0.15) is 6.54 Å². The molecule has 0 aliphatic heterocycles. The molecule has 0 saturated heterocycles. The third kappa shape index (κ3) is 4.08. The molecule has 0 fully saturated rings. The number of hydrogen-bond donors (Lipinski definition) is 0. The Balaban J connectivity index is 2.05. The highest BCUT2D eigenvalue weighted by molar-refractivity contribution is 9.10. The molecule has 1 aromatic carbocycles. The minimum absolute atomic E-state index is 0.0779. The van der Waals surface area contributed by atoms with E-state index in [1.54, 1.807) is 0 Å². The first-order chi connectivity index (χ1) is 12.9. The van der Waals surface area contributed by atoms with Crippen LogP contribution in [0, 0.1) is 0 Å². The summed E-state index contributed by atoms with van der Waals surface area (Å²) in [5.41, 5.74) is 3.46. The number of methoxy groups -OCH3 is 1.